The molecular formula is C12H20N2OS. The molecule has 0 aliphatic rings. The zero-order valence-electron chi connectivity index (χ0n) is 10.4. The third-order valence-electron chi connectivity index (χ3n) is 2.98. The average Bonchev–Trinajstić information content (AvgIpc) is 2.28. The van der Waals surface area contributed by atoms with Gasteiger partial charge >= 0.3 is 0 Å². The van der Waals surface area contributed by atoms with Gasteiger partial charge in [0, 0.05) is 27.9 Å². The number of aromatic nitrogens is 1. The Morgan fingerprint density at radius 3 is 2.69 bits per heavy atom. The van der Waals surface area contributed by atoms with E-state index in [2.05, 4.69) is 4.98 Å². The highest BCUT2D eigenvalue weighted by Crippen LogP contribution is 2.20. The minimum atomic E-state index is -0.859. The molecule has 0 amide bonds. The molecular weight excluding hydrogens is 220 g/mol. The first-order valence-corrected chi connectivity index (χ1v) is 6.93. The molecule has 1 rings (SSSR count). The molecule has 1 aromatic heterocycles. The zero-order chi connectivity index (χ0) is 12.3. The van der Waals surface area contributed by atoms with Crippen LogP contribution in [0.2, 0.25) is 0 Å². The van der Waals surface area contributed by atoms with Gasteiger partial charge in [0.25, 0.3) is 0 Å². The van der Waals surface area contributed by atoms with Crippen molar-refractivity contribution in [3.8, 4) is 0 Å². The lowest BCUT2D eigenvalue weighted by Gasteiger charge is -2.12. The summed E-state index contributed by atoms with van der Waals surface area (Å²) in [4.78, 5) is 4.32. The molecule has 4 heteroatoms. The summed E-state index contributed by atoms with van der Waals surface area (Å²) >= 11 is 0. The number of nitrogens with zero attached hydrogens (tertiary/aromatic N) is 1. The van der Waals surface area contributed by atoms with Crippen LogP contribution >= 0.6 is 0 Å². The number of pyridine rings is 1. The number of nitrogen functional groups attached to an aromatic ring is 1. The van der Waals surface area contributed by atoms with Gasteiger partial charge in [-0.2, -0.15) is 0 Å². The third-order valence-corrected chi connectivity index (χ3v) is 4.77. The van der Waals surface area contributed by atoms with Crippen molar-refractivity contribution in [2.75, 3.05) is 5.73 Å². The Morgan fingerprint density at radius 1 is 1.50 bits per heavy atom. The van der Waals surface area contributed by atoms with Gasteiger partial charge in [-0.15, -0.1) is 0 Å². The van der Waals surface area contributed by atoms with Crippen LogP contribution in [0.3, 0.4) is 0 Å². The van der Waals surface area contributed by atoms with E-state index < -0.39 is 10.8 Å². The molecule has 0 aromatic carbocycles. The first-order chi connectivity index (χ1) is 7.47. The van der Waals surface area contributed by atoms with Crippen LogP contribution in [0.4, 0.5) is 5.69 Å². The minimum Gasteiger partial charge on any atom is -0.398 e. The van der Waals surface area contributed by atoms with Crippen molar-refractivity contribution < 1.29 is 4.21 Å². The van der Waals surface area contributed by atoms with Gasteiger partial charge < -0.3 is 5.73 Å². The van der Waals surface area contributed by atoms with E-state index in [4.69, 9.17) is 5.73 Å². The van der Waals surface area contributed by atoms with Gasteiger partial charge in [0.15, 0.2) is 0 Å². The summed E-state index contributed by atoms with van der Waals surface area (Å²) in [5, 5.41) is 0.212. The topological polar surface area (TPSA) is 56.0 Å². The van der Waals surface area contributed by atoms with Crippen molar-refractivity contribution in [3.63, 3.8) is 0 Å². The Morgan fingerprint density at radius 2 is 2.12 bits per heavy atom. The summed E-state index contributed by atoms with van der Waals surface area (Å²) in [6.07, 6.45) is 2.68. The zero-order valence-corrected chi connectivity index (χ0v) is 11.2. The second kappa shape index (κ2) is 5.43. The van der Waals surface area contributed by atoms with Crippen molar-refractivity contribution in [3.05, 3.63) is 23.0 Å². The molecule has 0 saturated heterocycles. The number of nitrogens with two attached hydrogens (primary N) is 1. The van der Waals surface area contributed by atoms with Crippen molar-refractivity contribution >= 4 is 16.5 Å². The van der Waals surface area contributed by atoms with Gasteiger partial charge in [-0.25, -0.2) is 0 Å². The van der Waals surface area contributed by atoms with Gasteiger partial charge in [0.2, 0.25) is 0 Å². The molecule has 0 fully saturated rings. The van der Waals surface area contributed by atoms with Crippen LogP contribution in [0.5, 0.6) is 0 Å². The summed E-state index contributed by atoms with van der Waals surface area (Å²) in [7, 11) is -0.859. The van der Waals surface area contributed by atoms with Crippen LogP contribution in [0.15, 0.2) is 6.20 Å². The van der Waals surface area contributed by atoms with Crippen LogP contribution < -0.4 is 5.73 Å². The molecule has 0 aliphatic carbocycles. The largest absolute Gasteiger partial charge is 0.398 e. The van der Waals surface area contributed by atoms with Crippen molar-refractivity contribution in [2.24, 2.45) is 0 Å². The fourth-order valence-corrected chi connectivity index (χ4v) is 2.62. The Balaban J connectivity index is 2.91. The summed E-state index contributed by atoms with van der Waals surface area (Å²) in [6.45, 7) is 7.93. The van der Waals surface area contributed by atoms with E-state index in [1.54, 1.807) is 6.20 Å². The van der Waals surface area contributed by atoms with Gasteiger partial charge in [-0.3, -0.25) is 9.19 Å². The fraction of sp³-hybridized carbons (Fsp3) is 0.583. The fourth-order valence-electron chi connectivity index (χ4n) is 1.40. The van der Waals surface area contributed by atoms with Crippen molar-refractivity contribution in [1.82, 2.24) is 4.98 Å². The Hall–Kier alpha value is -0.900. The maximum Gasteiger partial charge on any atom is 0.0665 e. The normalized spacial score (nSPS) is 14.8. The molecule has 3 nitrogen and oxygen atoms in total. The lowest BCUT2D eigenvalue weighted by atomic mass is 10.1. The molecule has 2 atom stereocenters. The van der Waals surface area contributed by atoms with E-state index in [0.717, 1.165) is 28.9 Å². The van der Waals surface area contributed by atoms with Crippen molar-refractivity contribution in [1.29, 1.82) is 0 Å². The lowest BCUT2D eigenvalue weighted by Crippen LogP contribution is -2.13. The van der Waals surface area contributed by atoms with E-state index in [1.165, 1.54) is 0 Å². The van der Waals surface area contributed by atoms with Gasteiger partial charge in [0.1, 0.15) is 0 Å². The molecule has 0 radical (unpaired) electrons. The third kappa shape index (κ3) is 2.82. The molecule has 0 bridgehead atoms. The van der Waals surface area contributed by atoms with Gasteiger partial charge in [0.05, 0.1) is 11.4 Å². The van der Waals surface area contributed by atoms with E-state index in [1.807, 2.05) is 27.7 Å². The Labute approximate surface area is 99.9 Å². The number of aryl methyl sites for hydroxylation is 1. The van der Waals surface area contributed by atoms with Gasteiger partial charge in [-0.05, 0) is 31.4 Å². The average molecular weight is 240 g/mol. The quantitative estimate of drug-likeness (QED) is 0.878. The summed E-state index contributed by atoms with van der Waals surface area (Å²) in [6, 6.07) is 0. The number of hydrogen-bond acceptors (Lipinski definition) is 3. The highest BCUT2D eigenvalue weighted by molar-refractivity contribution is 7.84. The summed E-state index contributed by atoms with van der Waals surface area (Å²) in [5.74, 6) is 0.505. The Kier molecular flexibility index (Phi) is 4.47. The minimum absolute atomic E-state index is 0.212. The van der Waals surface area contributed by atoms with Crippen LogP contribution in [0.1, 0.15) is 37.1 Å². The maximum atomic E-state index is 11.9. The molecule has 2 unspecified atom stereocenters. The molecule has 0 aliphatic heterocycles. The van der Waals surface area contributed by atoms with Crippen LogP contribution in [-0.4, -0.2) is 14.4 Å². The van der Waals surface area contributed by atoms with Crippen LogP contribution in [0.25, 0.3) is 0 Å². The molecule has 0 saturated carbocycles. The maximum absolute atomic E-state index is 11.9. The van der Waals surface area contributed by atoms with E-state index in [9.17, 15) is 4.21 Å². The molecule has 90 valence electrons. The SMILES string of the molecule is CCC(C)S(=O)Cc1ncc(C)c(N)c1C. The van der Waals surface area contributed by atoms with Crippen LogP contribution in [-0.2, 0) is 16.6 Å². The van der Waals surface area contributed by atoms with E-state index in [0.29, 0.717) is 5.75 Å². The second-order valence-corrected chi connectivity index (χ2v) is 6.03. The van der Waals surface area contributed by atoms with E-state index in [-0.39, 0.29) is 5.25 Å². The number of rotatable bonds is 4. The lowest BCUT2D eigenvalue weighted by molar-refractivity contribution is 0.669. The molecule has 1 aromatic rings. The smallest absolute Gasteiger partial charge is 0.0665 e. The molecule has 1 heterocycles. The number of anilines is 1. The molecule has 16 heavy (non-hydrogen) atoms. The molecule has 2 N–H and O–H groups in total. The van der Waals surface area contributed by atoms with E-state index >= 15 is 0 Å². The highest BCUT2D eigenvalue weighted by Gasteiger charge is 2.13. The summed E-state index contributed by atoms with van der Waals surface area (Å²) < 4.78 is 11.9. The predicted octanol–water partition coefficient (Wildman–Crippen LogP) is 2.33. The first kappa shape index (κ1) is 13.2. The number of hydrogen-bond donors (Lipinski definition) is 1. The van der Waals surface area contributed by atoms with Gasteiger partial charge in [-0.1, -0.05) is 13.8 Å². The monoisotopic (exact) mass is 240 g/mol. The van der Waals surface area contributed by atoms with Crippen LogP contribution in [0, 0.1) is 13.8 Å². The summed E-state index contributed by atoms with van der Waals surface area (Å²) in [5.41, 5.74) is 9.51. The predicted molar refractivity (Wildman–Crippen MR) is 69.7 cm³/mol. The standard InChI is InChI=1S/C12H20N2OS/c1-5-9(3)16(15)7-11-10(4)12(13)8(2)6-14-11/h6,9H,5,7H2,1-4H3,(H2,13,14). The highest BCUT2D eigenvalue weighted by atomic mass is 32.2. The van der Waals surface area contributed by atoms with Crippen molar-refractivity contribution in [2.45, 2.75) is 45.1 Å². The second-order valence-electron chi connectivity index (χ2n) is 4.17. The molecule has 0 spiro atoms. The first-order valence-electron chi connectivity index (χ1n) is 5.55. The Bertz CT molecular complexity index is 404.